The zero-order valence-electron chi connectivity index (χ0n) is 26.4. The Morgan fingerprint density at radius 2 is 1.53 bits per heavy atom. The van der Waals surface area contributed by atoms with Crippen molar-refractivity contribution in [3.05, 3.63) is 137 Å². The first-order valence-corrected chi connectivity index (χ1v) is 15.3. The van der Waals surface area contributed by atoms with E-state index in [4.69, 9.17) is 0 Å². The van der Waals surface area contributed by atoms with Crippen LogP contribution in [0.4, 0.5) is 0 Å². The number of hydrogen-bond donors (Lipinski definition) is 4. The average molecular weight is 603 g/mol. The number of carbonyl (C=O) groups is 1. The van der Waals surface area contributed by atoms with E-state index in [9.17, 15) is 15.0 Å². The van der Waals surface area contributed by atoms with Crippen LogP contribution < -0.4 is 10.6 Å². The fraction of sp³-hybridized carbons (Fsp3) is 0.263. The average Bonchev–Trinajstić information content (AvgIpc) is 3.36. The molecule has 0 radical (unpaired) electrons. The van der Waals surface area contributed by atoms with Crippen LogP contribution in [0, 0.1) is 13.8 Å². The summed E-state index contributed by atoms with van der Waals surface area (Å²) in [6, 6.07) is 31.3. The van der Waals surface area contributed by atoms with Crippen molar-refractivity contribution in [3.63, 3.8) is 0 Å². The van der Waals surface area contributed by atoms with E-state index in [-0.39, 0.29) is 17.2 Å². The summed E-state index contributed by atoms with van der Waals surface area (Å²) in [4.78, 5) is 17.4. The van der Waals surface area contributed by atoms with Crippen LogP contribution in [-0.4, -0.2) is 37.8 Å². The van der Waals surface area contributed by atoms with Gasteiger partial charge in [-0.25, -0.2) is 4.98 Å². The second-order valence-corrected chi connectivity index (χ2v) is 12.4. The fourth-order valence-electron chi connectivity index (χ4n) is 5.63. The number of aliphatic hydroxyl groups is 1. The second kappa shape index (κ2) is 13.9. The van der Waals surface area contributed by atoms with Gasteiger partial charge in [-0.05, 0) is 98.3 Å². The number of aryl methyl sites for hydroxylation is 2. The number of amides is 1. The number of aliphatic hydroxyl groups excluding tert-OH is 1. The Morgan fingerprint density at radius 3 is 2.24 bits per heavy atom. The van der Waals surface area contributed by atoms with E-state index >= 15 is 0 Å². The fourth-order valence-corrected chi connectivity index (χ4v) is 5.63. The number of aromatic hydroxyl groups is 1. The molecule has 4 N–H and O–H groups in total. The SMILES string of the molecule is Cc1ccc(C)n1-c1ccc([C@@H](O)CNC(C)(C)Cc2cccc(CC(=O)NCc3cccc(-c4ccc(O)cc4)c3)c2)cn1. The van der Waals surface area contributed by atoms with E-state index in [0.29, 0.717) is 19.5 Å². The lowest BCUT2D eigenvalue weighted by atomic mass is 9.93. The zero-order valence-corrected chi connectivity index (χ0v) is 26.4. The zero-order chi connectivity index (χ0) is 32.0. The molecule has 1 atom stereocenters. The van der Waals surface area contributed by atoms with Crippen molar-refractivity contribution in [1.29, 1.82) is 0 Å². The van der Waals surface area contributed by atoms with Gasteiger partial charge in [-0.1, -0.05) is 60.7 Å². The number of nitrogens with zero attached hydrogens (tertiary/aromatic N) is 2. The molecular weight excluding hydrogens is 560 g/mol. The van der Waals surface area contributed by atoms with E-state index < -0.39 is 6.10 Å². The highest BCUT2D eigenvalue weighted by Gasteiger charge is 2.20. The summed E-state index contributed by atoms with van der Waals surface area (Å²) >= 11 is 0. The first kappa shape index (κ1) is 31.7. The van der Waals surface area contributed by atoms with Crippen molar-refractivity contribution in [2.75, 3.05) is 6.54 Å². The molecule has 0 aliphatic rings. The first-order valence-electron chi connectivity index (χ1n) is 15.3. The highest BCUT2D eigenvalue weighted by molar-refractivity contribution is 5.78. The lowest BCUT2D eigenvalue weighted by Crippen LogP contribution is -2.43. The summed E-state index contributed by atoms with van der Waals surface area (Å²) in [7, 11) is 0. The summed E-state index contributed by atoms with van der Waals surface area (Å²) in [5.41, 5.74) is 7.86. The van der Waals surface area contributed by atoms with Crippen LogP contribution in [0.2, 0.25) is 0 Å². The number of nitrogens with one attached hydrogen (secondary N) is 2. The summed E-state index contributed by atoms with van der Waals surface area (Å²) in [5.74, 6) is 1.04. The van der Waals surface area contributed by atoms with Gasteiger partial charge in [0.25, 0.3) is 0 Å². The van der Waals surface area contributed by atoms with Crippen LogP contribution in [0.1, 0.15) is 53.6 Å². The molecule has 1 amide bonds. The van der Waals surface area contributed by atoms with Gasteiger partial charge in [-0.15, -0.1) is 0 Å². The molecule has 5 rings (SSSR count). The summed E-state index contributed by atoms with van der Waals surface area (Å²) in [5, 5.41) is 27.0. The molecule has 7 heteroatoms. The standard InChI is InChI=1S/C38H42N4O3/c1-26-11-12-27(2)42(26)36-18-15-33(24-39-36)35(44)25-41-38(3,4)22-29-8-5-7-28(19-29)21-37(45)40-23-30-9-6-10-32(20-30)31-13-16-34(43)17-14-31/h5-20,24,35,41,43-44H,21-23,25H2,1-4H3,(H,40,45)/t35-/m0/s1. The molecule has 0 saturated carbocycles. The molecule has 0 saturated heterocycles. The van der Waals surface area contributed by atoms with Gasteiger partial charge in [-0.2, -0.15) is 0 Å². The smallest absolute Gasteiger partial charge is 0.224 e. The van der Waals surface area contributed by atoms with E-state index in [1.165, 1.54) is 0 Å². The predicted octanol–water partition coefficient (Wildman–Crippen LogP) is 6.36. The van der Waals surface area contributed by atoms with Gasteiger partial charge in [0.15, 0.2) is 0 Å². The third-order valence-electron chi connectivity index (χ3n) is 8.05. The second-order valence-electron chi connectivity index (χ2n) is 12.4. The molecule has 2 aromatic heterocycles. The number of carbonyl (C=O) groups excluding carboxylic acids is 1. The predicted molar refractivity (Wildman–Crippen MR) is 179 cm³/mol. The Labute approximate surface area is 265 Å². The molecule has 7 nitrogen and oxygen atoms in total. The Kier molecular flexibility index (Phi) is 9.81. The summed E-state index contributed by atoms with van der Waals surface area (Å²) < 4.78 is 2.09. The van der Waals surface area contributed by atoms with E-state index in [1.54, 1.807) is 18.3 Å². The summed E-state index contributed by atoms with van der Waals surface area (Å²) in [6.07, 6.45) is 2.09. The molecule has 0 unspecified atom stereocenters. The van der Waals surface area contributed by atoms with Gasteiger partial charge in [0.2, 0.25) is 5.91 Å². The lowest BCUT2D eigenvalue weighted by molar-refractivity contribution is -0.120. The van der Waals surface area contributed by atoms with E-state index in [2.05, 4.69) is 78.2 Å². The minimum atomic E-state index is -0.686. The van der Waals surface area contributed by atoms with Gasteiger partial charge >= 0.3 is 0 Å². The van der Waals surface area contributed by atoms with E-state index in [1.807, 2.05) is 54.6 Å². The number of phenolic OH excluding ortho intramolecular Hbond substituents is 1. The van der Waals surface area contributed by atoms with Crippen LogP contribution in [0.15, 0.2) is 103 Å². The third-order valence-corrected chi connectivity index (χ3v) is 8.05. The van der Waals surface area contributed by atoms with Gasteiger partial charge in [-0.3, -0.25) is 4.79 Å². The van der Waals surface area contributed by atoms with Crippen LogP contribution in [0.25, 0.3) is 16.9 Å². The molecule has 45 heavy (non-hydrogen) atoms. The highest BCUT2D eigenvalue weighted by Crippen LogP contribution is 2.23. The number of phenols is 1. The number of rotatable bonds is 12. The van der Waals surface area contributed by atoms with Crippen molar-refractivity contribution in [2.24, 2.45) is 0 Å². The molecule has 3 aromatic carbocycles. The topological polar surface area (TPSA) is 99.4 Å². The number of pyridine rings is 1. The molecule has 0 bridgehead atoms. The maximum atomic E-state index is 12.8. The van der Waals surface area contributed by atoms with Crippen molar-refractivity contribution in [1.82, 2.24) is 20.2 Å². The van der Waals surface area contributed by atoms with Crippen LogP contribution in [0.5, 0.6) is 5.75 Å². The highest BCUT2D eigenvalue weighted by atomic mass is 16.3. The Bertz CT molecular complexity index is 1720. The molecule has 0 aliphatic heterocycles. The Morgan fingerprint density at radius 1 is 0.844 bits per heavy atom. The Hall–Kier alpha value is -4.72. The van der Waals surface area contributed by atoms with Crippen molar-refractivity contribution >= 4 is 5.91 Å². The Balaban J connectivity index is 1.11. The van der Waals surface area contributed by atoms with Gasteiger partial charge < -0.3 is 25.4 Å². The maximum Gasteiger partial charge on any atom is 0.224 e. The van der Waals surface area contributed by atoms with Crippen LogP contribution >= 0.6 is 0 Å². The number of benzene rings is 3. The van der Waals surface area contributed by atoms with Crippen molar-refractivity contribution < 1.29 is 15.0 Å². The largest absolute Gasteiger partial charge is 0.508 e. The monoisotopic (exact) mass is 602 g/mol. The first-order chi connectivity index (χ1) is 21.6. The molecular formula is C38H42N4O3. The molecule has 5 aromatic rings. The molecule has 232 valence electrons. The minimum absolute atomic E-state index is 0.0376. The number of β-amino-alcohol motifs (C(OH)–C–C–N with tert-alkyl or cyclic N) is 1. The normalized spacial score (nSPS) is 12.2. The van der Waals surface area contributed by atoms with Gasteiger partial charge in [0.05, 0.1) is 12.5 Å². The third kappa shape index (κ3) is 8.47. The van der Waals surface area contributed by atoms with Gasteiger partial charge in [0.1, 0.15) is 11.6 Å². The van der Waals surface area contributed by atoms with Crippen molar-refractivity contribution in [3.8, 4) is 22.7 Å². The van der Waals surface area contributed by atoms with Crippen LogP contribution in [0.3, 0.4) is 0 Å². The number of hydrogen-bond acceptors (Lipinski definition) is 5. The molecule has 0 fully saturated rings. The number of aromatic nitrogens is 2. The minimum Gasteiger partial charge on any atom is -0.508 e. The molecule has 0 aliphatic carbocycles. The molecule has 2 heterocycles. The van der Waals surface area contributed by atoms with E-state index in [0.717, 1.165) is 57.0 Å². The molecule has 0 spiro atoms. The maximum absolute atomic E-state index is 12.8. The summed E-state index contributed by atoms with van der Waals surface area (Å²) in [6.45, 7) is 9.17. The lowest BCUT2D eigenvalue weighted by Gasteiger charge is -2.28. The van der Waals surface area contributed by atoms with Crippen molar-refractivity contribution in [2.45, 2.75) is 58.7 Å². The van der Waals surface area contributed by atoms with Crippen LogP contribution in [-0.2, 0) is 24.2 Å². The quantitative estimate of drug-likeness (QED) is 0.133. The van der Waals surface area contributed by atoms with Gasteiger partial charge in [0, 0.05) is 41.8 Å².